The molecule has 2 aromatic carbocycles. The third-order valence-electron chi connectivity index (χ3n) is 4.22. The molecule has 0 atom stereocenters. The molecule has 2 N–H and O–H groups in total. The molecule has 0 unspecified atom stereocenters. The average Bonchev–Trinajstić information content (AvgIpc) is 3.39. The molecule has 0 bridgehead atoms. The highest BCUT2D eigenvalue weighted by molar-refractivity contribution is 7.17. The topological polar surface area (TPSA) is 84.2 Å². The molecular formula is C22H16ClN3O3S. The highest BCUT2D eigenvalue weighted by Gasteiger charge is 2.17. The number of halogens is 1. The fraction of sp³-hybridized carbons (Fsp3) is 0.0455. The lowest BCUT2D eigenvalue weighted by Crippen LogP contribution is -2.12. The third-order valence-corrected chi connectivity index (χ3v) is 5.66. The van der Waals surface area contributed by atoms with Gasteiger partial charge in [-0.25, -0.2) is 4.98 Å². The second-order valence-corrected chi connectivity index (χ2v) is 7.84. The number of nitrogens with zero attached hydrogens (tertiary/aromatic N) is 1. The van der Waals surface area contributed by atoms with Crippen molar-refractivity contribution in [3.63, 3.8) is 0 Å². The first-order valence-corrected chi connectivity index (χ1v) is 10.2. The summed E-state index contributed by atoms with van der Waals surface area (Å²) in [5, 5.41) is 6.93. The Morgan fingerprint density at radius 3 is 2.30 bits per heavy atom. The van der Waals surface area contributed by atoms with E-state index in [0.29, 0.717) is 27.0 Å². The number of carbonyl (C=O) groups excluding carboxylic acids is 2. The molecule has 0 saturated heterocycles. The Bertz CT molecular complexity index is 1200. The number of furan rings is 1. The quantitative estimate of drug-likeness (QED) is 0.409. The number of benzene rings is 2. The zero-order valence-electron chi connectivity index (χ0n) is 15.8. The summed E-state index contributed by atoms with van der Waals surface area (Å²) in [6.45, 7) is 1.80. The minimum Gasteiger partial charge on any atom is -0.459 e. The minimum absolute atomic E-state index is 0.226. The van der Waals surface area contributed by atoms with E-state index in [0.717, 1.165) is 10.6 Å². The standard InChI is InChI=1S/C22H16ClN3O3S/c1-13-19(30-22(24-13)14-4-2-5-15(23)12-14)21(28)26-17-9-7-16(8-10-17)25-20(27)18-6-3-11-29-18/h2-12H,1H3,(H,25,27)(H,26,28). The third kappa shape index (κ3) is 4.42. The number of aryl methyl sites for hydroxylation is 1. The van der Waals surface area contributed by atoms with Gasteiger partial charge in [-0.15, -0.1) is 11.3 Å². The predicted molar refractivity (Wildman–Crippen MR) is 118 cm³/mol. The van der Waals surface area contributed by atoms with Gasteiger partial charge in [-0.05, 0) is 55.5 Å². The van der Waals surface area contributed by atoms with Crippen LogP contribution in [0, 0.1) is 6.92 Å². The summed E-state index contributed by atoms with van der Waals surface area (Å²) < 4.78 is 5.06. The number of anilines is 2. The number of amides is 2. The van der Waals surface area contributed by atoms with Crippen molar-refractivity contribution in [1.29, 1.82) is 0 Å². The Labute approximate surface area is 181 Å². The number of hydrogen-bond acceptors (Lipinski definition) is 5. The van der Waals surface area contributed by atoms with Gasteiger partial charge in [0.2, 0.25) is 0 Å². The maximum atomic E-state index is 12.7. The number of rotatable bonds is 5. The van der Waals surface area contributed by atoms with Crippen molar-refractivity contribution in [2.75, 3.05) is 10.6 Å². The molecule has 0 radical (unpaired) electrons. The van der Waals surface area contributed by atoms with Gasteiger partial charge in [-0.2, -0.15) is 0 Å². The molecule has 0 saturated carbocycles. The molecule has 0 aliphatic rings. The van der Waals surface area contributed by atoms with E-state index < -0.39 is 0 Å². The largest absolute Gasteiger partial charge is 0.459 e. The minimum atomic E-state index is -0.342. The zero-order valence-corrected chi connectivity index (χ0v) is 17.4. The Balaban J connectivity index is 1.44. The number of hydrogen-bond donors (Lipinski definition) is 2. The first-order chi connectivity index (χ1) is 14.5. The molecule has 8 heteroatoms. The van der Waals surface area contributed by atoms with Gasteiger partial charge in [0.1, 0.15) is 9.88 Å². The van der Waals surface area contributed by atoms with Crippen LogP contribution in [0.25, 0.3) is 10.6 Å². The van der Waals surface area contributed by atoms with Gasteiger partial charge in [-0.3, -0.25) is 9.59 Å². The zero-order chi connectivity index (χ0) is 21.1. The highest BCUT2D eigenvalue weighted by atomic mass is 35.5. The molecule has 4 rings (SSSR count). The van der Waals surface area contributed by atoms with Crippen molar-refractivity contribution in [2.24, 2.45) is 0 Å². The normalized spacial score (nSPS) is 10.6. The summed E-state index contributed by atoms with van der Waals surface area (Å²) in [5.74, 6) is -0.361. The summed E-state index contributed by atoms with van der Waals surface area (Å²) >= 11 is 7.36. The monoisotopic (exact) mass is 437 g/mol. The van der Waals surface area contributed by atoms with Gasteiger partial charge in [0.15, 0.2) is 5.76 Å². The number of thiazole rings is 1. The van der Waals surface area contributed by atoms with Crippen LogP contribution in [0.2, 0.25) is 5.02 Å². The summed E-state index contributed by atoms with van der Waals surface area (Å²) in [4.78, 5) is 29.8. The van der Waals surface area contributed by atoms with E-state index in [-0.39, 0.29) is 17.6 Å². The van der Waals surface area contributed by atoms with Crippen LogP contribution in [0.4, 0.5) is 11.4 Å². The molecule has 2 heterocycles. The van der Waals surface area contributed by atoms with E-state index in [1.807, 2.05) is 18.2 Å². The van der Waals surface area contributed by atoms with Crippen molar-refractivity contribution in [3.05, 3.63) is 88.3 Å². The first kappa shape index (κ1) is 19.9. The summed E-state index contributed by atoms with van der Waals surface area (Å²) in [6.07, 6.45) is 1.44. The van der Waals surface area contributed by atoms with Gasteiger partial charge < -0.3 is 15.1 Å². The van der Waals surface area contributed by atoms with Crippen molar-refractivity contribution in [2.45, 2.75) is 6.92 Å². The van der Waals surface area contributed by atoms with Crippen molar-refractivity contribution in [3.8, 4) is 10.6 Å². The van der Waals surface area contributed by atoms with E-state index in [9.17, 15) is 9.59 Å². The predicted octanol–water partition coefficient (Wildman–Crippen LogP) is 5.87. The second-order valence-electron chi connectivity index (χ2n) is 6.41. The molecule has 150 valence electrons. The maximum Gasteiger partial charge on any atom is 0.291 e. The summed E-state index contributed by atoms with van der Waals surface area (Å²) in [5.41, 5.74) is 2.71. The maximum absolute atomic E-state index is 12.7. The lowest BCUT2D eigenvalue weighted by molar-refractivity contribution is 0.0994. The molecule has 4 aromatic rings. The molecule has 2 aromatic heterocycles. The van der Waals surface area contributed by atoms with E-state index >= 15 is 0 Å². The fourth-order valence-electron chi connectivity index (χ4n) is 2.78. The van der Waals surface area contributed by atoms with Crippen LogP contribution in [0.1, 0.15) is 25.9 Å². The van der Waals surface area contributed by atoms with Crippen molar-refractivity contribution in [1.82, 2.24) is 4.98 Å². The Hall–Kier alpha value is -3.42. The summed E-state index contributed by atoms with van der Waals surface area (Å²) in [7, 11) is 0. The van der Waals surface area contributed by atoms with Crippen molar-refractivity contribution < 1.29 is 14.0 Å². The molecule has 2 amide bonds. The van der Waals surface area contributed by atoms with Crippen molar-refractivity contribution >= 4 is 46.1 Å². The second kappa shape index (κ2) is 8.52. The highest BCUT2D eigenvalue weighted by Crippen LogP contribution is 2.30. The molecule has 0 aliphatic carbocycles. The van der Waals surface area contributed by atoms with Crippen LogP contribution in [0.15, 0.2) is 71.3 Å². The van der Waals surface area contributed by atoms with Gasteiger partial charge in [0, 0.05) is 22.0 Å². The van der Waals surface area contributed by atoms with Crippen LogP contribution in [0.5, 0.6) is 0 Å². The first-order valence-electron chi connectivity index (χ1n) is 8.99. The van der Waals surface area contributed by atoms with E-state index in [1.165, 1.54) is 17.6 Å². The van der Waals surface area contributed by atoms with E-state index in [2.05, 4.69) is 15.6 Å². The number of nitrogens with one attached hydrogen (secondary N) is 2. The van der Waals surface area contributed by atoms with Crippen LogP contribution < -0.4 is 10.6 Å². The smallest absolute Gasteiger partial charge is 0.291 e. The van der Waals surface area contributed by atoms with Gasteiger partial charge in [0.25, 0.3) is 11.8 Å². The number of aromatic nitrogens is 1. The van der Waals surface area contributed by atoms with E-state index in [4.69, 9.17) is 16.0 Å². The fourth-order valence-corrected chi connectivity index (χ4v) is 3.93. The Kier molecular flexibility index (Phi) is 5.65. The van der Waals surface area contributed by atoms with Crippen LogP contribution in [-0.2, 0) is 0 Å². The van der Waals surface area contributed by atoms with Gasteiger partial charge >= 0.3 is 0 Å². The molecule has 6 nitrogen and oxygen atoms in total. The van der Waals surface area contributed by atoms with Gasteiger partial charge in [0.05, 0.1) is 12.0 Å². The van der Waals surface area contributed by atoms with E-state index in [1.54, 1.807) is 49.4 Å². The number of carbonyl (C=O) groups is 2. The Morgan fingerprint density at radius 2 is 1.67 bits per heavy atom. The SMILES string of the molecule is Cc1nc(-c2cccc(Cl)c2)sc1C(=O)Nc1ccc(NC(=O)c2ccco2)cc1. The lowest BCUT2D eigenvalue weighted by Gasteiger charge is -2.07. The molecule has 0 fully saturated rings. The van der Waals surface area contributed by atoms with Crippen LogP contribution >= 0.6 is 22.9 Å². The average molecular weight is 438 g/mol. The molecule has 30 heavy (non-hydrogen) atoms. The lowest BCUT2D eigenvalue weighted by atomic mass is 10.2. The molecular weight excluding hydrogens is 422 g/mol. The van der Waals surface area contributed by atoms with Gasteiger partial charge in [-0.1, -0.05) is 23.7 Å². The van der Waals surface area contributed by atoms with Crippen LogP contribution in [-0.4, -0.2) is 16.8 Å². The summed E-state index contributed by atoms with van der Waals surface area (Å²) in [6, 6.07) is 17.4. The molecule has 0 spiro atoms. The molecule has 0 aliphatic heterocycles. The Morgan fingerprint density at radius 1 is 0.967 bits per heavy atom. The van der Waals surface area contributed by atoms with Crippen LogP contribution in [0.3, 0.4) is 0 Å².